The van der Waals surface area contributed by atoms with Gasteiger partial charge in [0.15, 0.2) is 11.6 Å². The van der Waals surface area contributed by atoms with Crippen molar-refractivity contribution in [3.05, 3.63) is 51.4 Å². The number of nitrogens with one attached hydrogen (secondary N) is 2. The number of nitrogens with two attached hydrogens (primary N) is 1. The van der Waals surface area contributed by atoms with E-state index in [1.54, 1.807) is 6.07 Å². The molecule has 30 heavy (non-hydrogen) atoms. The number of hydrogen-bond acceptors (Lipinski definition) is 4. The van der Waals surface area contributed by atoms with E-state index in [4.69, 9.17) is 5.73 Å². The molecule has 162 valence electrons. The molecule has 2 aromatic carbocycles. The zero-order valence-corrected chi connectivity index (χ0v) is 18.3. The number of hydrogen-bond donors (Lipinski definition) is 3. The predicted molar refractivity (Wildman–Crippen MR) is 114 cm³/mol. The number of halogens is 4. The van der Waals surface area contributed by atoms with E-state index in [0.717, 1.165) is 16.4 Å². The van der Waals surface area contributed by atoms with Gasteiger partial charge < -0.3 is 16.0 Å². The molecule has 3 rings (SSSR count). The molecule has 0 aromatic heterocycles. The topological polar surface area (TPSA) is 108 Å². The third-order valence-corrected chi connectivity index (χ3v) is 6.61. The Bertz CT molecular complexity index is 1080. The lowest BCUT2D eigenvalue weighted by Gasteiger charge is -2.33. The van der Waals surface area contributed by atoms with Crippen LogP contribution in [0.1, 0.15) is 0 Å². The molecule has 0 unspecified atom stereocenters. The first kappa shape index (κ1) is 22.4. The van der Waals surface area contributed by atoms with Gasteiger partial charge in [-0.1, -0.05) is 0 Å². The summed E-state index contributed by atoms with van der Waals surface area (Å²) in [7, 11) is -4.17. The van der Waals surface area contributed by atoms with Gasteiger partial charge in [-0.3, -0.25) is 4.72 Å². The van der Waals surface area contributed by atoms with E-state index in [-0.39, 0.29) is 37.6 Å². The zero-order valence-electron chi connectivity index (χ0n) is 15.3. The van der Waals surface area contributed by atoms with Crippen LogP contribution < -0.4 is 15.8 Å². The summed E-state index contributed by atoms with van der Waals surface area (Å²) in [4.78, 5) is 12.5. The number of amides is 2. The monoisotopic (exact) mass is 555 g/mol. The van der Waals surface area contributed by atoms with Gasteiger partial charge in [0.05, 0.1) is 11.4 Å². The highest BCUT2D eigenvalue weighted by molar-refractivity contribution is 14.1. The number of rotatable bonds is 5. The second-order valence-corrected chi connectivity index (χ2v) is 9.28. The molecule has 1 aliphatic rings. The van der Waals surface area contributed by atoms with Gasteiger partial charge in [-0.15, -0.1) is 0 Å². The van der Waals surface area contributed by atoms with Crippen LogP contribution in [0, 0.1) is 21.0 Å². The van der Waals surface area contributed by atoms with Crippen LogP contribution in [0.5, 0.6) is 0 Å². The Morgan fingerprint density at radius 1 is 1.00 bits per heavy atom. The normalized spacial score (nSPS) is 15.1. The first-order valence-corrected chi connectivity index (χ1v) is 11.1. The second kappa shape index (κ2) is 8.85. The highest BCUT2D eigenvalue weighted by Crippen LogP contribution is 2.32. The number of nitrogens with zero attached hydrogens (tertiary/aromatic N) is 2. The lowest BCUT2D eigenvalue weighted by molar-refractivity contribution is 0.181. The van der Waals surface area contributed by atoms with Crippen molar-refractivity contribution in [3.8, 4) is 0 Å². The number of carbonyl (C=O) groups is 1. The Morgan fingerprint density at radius 3 is 2.23 bits per heavy atom. The standard InChI is InChI=1S/C17H17F3IN5O3S/c18-11-2-4-14(16(15(11)20)23-13-3-1-10(21)9-12(13)19)24-30(28,29)26-7-5-25(6-8-26)17(22)27/h1-4,9,23-24H,5-8H2,(H2,22,27). The van der Waals surface area contributed by atoms with Crippen molar-refractivity contribution in [2.45, 2.75) is 0 Å². The zero-order chi connectivity index (χ0) is 22.1. The number of benzene rings is 2. The fourth-order valence-electron chi connectivity index (χ4n) is 2.84. The average molecular weight is 555 g/mol. The molecule has 0 bridgehead atoms. The van der Waals surface area contributed by atoms with E-state index in [9.17, 15) is 26.4 Å². The van der Waals surface area contributed by atoms with E-state index in [0.29, 0.717) is 3.57 Å². The van der Waals surface area contributed by atoms with Crippen molar-refractivity contribution in [2.75, 3.05) is 36.2 Å². The molecular weight excluding hydrogens is 538 g/mol. The van der Waals surface area contributed by atoms with Gasteiger partial charge in [0, 0.05) is 29.7 Å². The summed E-state index contributed by atoms with van der Waals surface area (Å²) in [6, 6.07) is 5.18. The smallest absolute Gasteiger partial charge is 0.314 e. The van der Waals surface area contributed by atoms with E-state index in [1.807, 2.05) is 22.6 Å². The summed E-state index contributed by atoms with van der Waals surface area (Å²) in [5, 5.41) is 2.42. The minimum atomic E-state index is -4.17. The van der Waals surface area contributed by atoms with Gasteiger partial charge in [-0.05, 0) is 52.9 Å². The molecule has 1 fully saturated rings. The molecule has 1 heterocycles. The Balaban J connectivity index is 1.87. The maximum absolute atomic E-state index is 14.4. The molecule has 1 saturated heterocycles. The quantitative estimate of drug-likeness (QED) is 0.494. The molecule has 13 heteroatoms. The van der Waals surface area contributed by atoms with Crippen LogP contribution in [0.2, 0.25) is 0 Å². The molecule has 0 spiro atoms. The maximum Gasteiger partial charge on any atom is 0.314 e. The Hall–Kier alpha value is -2.26. The third kappa shape index (κ3) is 4.89. The predicted octanol–water partition coefficient (Wildman–Crippen LogP) is 2.81. The van der Waals surface area contributed by atoms with Gasteiger partial charge in [-0.2, -0.15) is 12.7 Å². The van der Waals surface area contributed by atoms with Crippen LogP contribution in [0.4, 0.5) is 35.0 Å². The molecule has 0 radical (unpaired) electrons. The molecule has 0 saturated carbocycles. The minimum Gasteiger partial charge on any atom is -0.351 e. The largest absolute Gasteiger partial charge is 0.351 e. The average Bonchev–Trinajstić information content (AvgIpc) is 2.69. The van der Waals surface area contributed by atoms with Gasteiger partial charge in [-0.25, -0.2) is 18.0 Å². The number of carbonyl (C=O) groups excluding carboxylic acids is 1. The fourth-order valence-corrected chi connectivity index (χ4v) is 4.51. The molecule has 1 aliphatic heterocycles. The first-order valence-electron chi connectivity index (χ1n) is 8.61. The van der Waals surface area contributed by atoms with Crippen LogP contribution in [0.25, 0.3) is 0 Å². The van der Waals surface area contributed by atoms with Gasteiger partial charge in [0.2, 0.25) is 0 Å². The van der Waals surface area contributed by atoms with Crippen molar-refractivity contribution in [1.29, 1.82) is 0 Å². The van der Waals surface area contributed by atoms with Crippen molar-refractivity contribution in [1.82, 2.24) is 9.21 Å². The lowest BCUT2D eigenvalue weighted by atomic mass is 10.2. The van der Waals surface area contributed by atoms with Crippen molar-refractivity contribution in [2.24, 2.45) is 5.73 Å². The Kier molecular flexibility index (Phi) is 6.62. The highest BCUT2D eigenvalue weighted by atomic mass is 127. The Morgan fingerprint density at radius 2 is 1.63 bits per heavy atom. The minimum absolute atomic E-state index is 0.0313. The van der Waals surface area contributed by atoms with E-state index in [1.165, 1.54) is 17.0 Å². The summed E-state index contributed by atoms with van der Waals surface area (Å²) in [5.74, 6) is -3.32. The first-order chi connectivity index (χ1) is 14.1. The van der Waals surface area contributed by atoms with Crippen LogP contribution in [-0.2, 0) is 10.2 Å². The van der Waals surface area contributed by atoms with E-state index >= 15 is 0 Å². The van der Waals surface area contributed by atoms with Gasteiger partial charge in [0.1, 0.15) is 11.5 Å². The highest BCUT2D eigenvalue weighted by Gasteiger charge is 2.29. The molecule has 4 N–H and O–H groups in total. The van der Waals surface area contributed by atoms with Gasteiger partial charge >= 0.3 is 16.2 Å². The van der Waals surface area contributed by atoms with Crippen LogP contribution in [0.3, 0.4) is 0 Å². The third-order valence-electron chi connectivity index (χ3n) is 4.41. The van der Waals surface area contributed by atoms with Crippen molar-refractivity contribution >= 4 is 55.9 Å². The summed E-state index contributed by atoms with van der Waals surface area (Å²) in [6.45, 7) is 0.118. The van der Waals surface area contributed by atoms with Crippen LogP contribution in [-0.4, -0.2) is 49.8 Å². The SMILES string of the molecule is NC(=O)N1CCN(S(=O)(=O)Nc2ccc(F)c(F)c2Nc2ccc(I)cc2F)CC1. The van der Waals surface area contributed by atoms with E-state index < -0.39 is 39.4 Å². The van der Waals surface area contributed by atoms with Crippen LogP contribution in [0.15, 0.2) is 30.3 Å². The summed E-state index contributed by atoms with van der Waals surface area (Å²) in [5.41, 5.74) is 4.16. The summed E-state index contributed by atoms with van der Waals surface area (Å²) >= 11 is 1.89. The molecule has 8 nitrogen and oxygen atoms in total. The molecule has 2 aromatic rings. The molecular formula is C17H17F3IN5O3S. The number of anilines is 3. The van der Waals surface area contributed by atoms with Crippen molar-refractivity contribution in [3.63, 3.8) is 0 Å². The number of piperazine rings is 1. The van der Waals surface area contributed by atoms with E-state index in [2.05, 4.69) is 10.0 Å². The summed E-state index contributed by atoms with van der Waals surface area (Å²) in [6.07, 6.45) is 0. The van der Waals surface area contributed by atoms with Crippen molar-refractivity contribution < 1.29 is 26.4 Å². The molecule has 0 atom stereocenters. The Labute approximate surface area is 184 Å². The number of urea groups is 1. The maximum atomic E-state index is 14.4. The fraction of sp³-hybridized carbons (Fsp3) is 0.235. The molecule has 2 amide bonds. The molecule has 0 aliphatic carbocycles. The van der Waals surface area contributed by atoms with Crippen LogP contribution >= 0.6 is 22.6 Å². The number of primary amides is 1. The summed E-state index contributed by atoms with van der Waals surface area (Å²) < 4.78 is 71.6. The lowest BCUT2D eigenvalue weighted by Crippen LogP contribution is -2.53. The second-order valence-electron chi connectivity index (χ2n) is 6.36. The van der Waals surface area contributed by atoms with Gasteiger partial charge in [0.25, 0.3) is 0 Å².